The number of carbonyl (C=O) groups excluding carboxylic acids is 1. The highest BCUT2D eigenvalue weighted by atomic mass is 19.1. The second-order valence-electron chi connectivity index (χ2n) is 10.2. The molecule has 2 fully saturated rings. The van der Waals surface area contributed by atoms with E-state index in [1.54, 1.807) is 23.5 Å². The average molecular weight is 502 g/mol. The summed E-state index contributed by atoms with van der Waals surface area (Å²) in [5, 5.41) is 3.56. The summed E-state index contributed by atoms with van der Waals surface area (Å²) in [6.45, 7) is 2.97. The molecule has 0 saturated carbocycles. The van der Waals surface area contributed by atoms with Gasteiger partial charge in [-0.05, 0) is 48.7 Å². The number of aromatic nitrogens is 3. The number of anilines is 2. The third-order valence-corrected chi connectivity index (χ3v) is 7.88. The van der Waals surface area contributed by atoms with E-state index in [0.29, 0.717) is 26.2 Å². The Morgan fingerprint density at radius 3 is 2.49 bits per heavy atom. The van der Waals surface area contributed by atoms with Gasteiger partial charge in [-0.15, -0.1) is 0 Å². The number of amides is 1. The topological polar surface area (TPSA) is 77.5 Å². The van der Waals surface area contributed by atoms with Crippen LogP contribution in [0.25, 0.3) is 0 Å². The third-order valence-electron chi connectivity index (χ3n) is 7.88. The minimum absolute atomic E-state index is 0.116. The number of piperidine rings is 2. The highest BCUT2D eigenvalue weighted by Gasteiger charge is 2.46. The van der Waals surface area contributed by atoms with Crippen LogP contribution in [0.2, 0.25) is 0 Å². The highest BCUT2D eigenvalue weighted by molar-refractivity contribution is 5.85. The first-order valence-corrected chi connectivity index (χ1v) is 13.1. The van der Waals surface area contributed by atoms with Crippen LogP contribution < -0.4 is 10.2 Å². The second-order valence-corrected chi connectivity index (χ2v) is 10.2. The number of rotatable bonds is 5. The lowest BCUT2D eigenvalue weighted by Crippen LogP contribution is -2.55. The van der Waals surface area contributed by atoms with Crippen molar-refractivity contribution in [2.24, 2.45) is 0 Å². The standard InChI is InChI=1S/C28H32FN7O/c29-28(10-17-34(18-11-28)20-21-5-3-12-30-19-21)27(37)35-15-8-22(9-16-35)36-25-24(7-4-14-32-25)33-26(36)23-6-1-2-13-31-23/h1-7,12-14,19,22,26,33H,8-11,15-18,20H2. The van der Waals surface area contributed by atoms with Crippen molar-refractivity contribution in [3.05, 3.63) is 78.5 Å². The summed E-state index contributed by atoms with van der Waals surface area (Å²) in [5.74, 6) is 0.567. The van der Waals surface area contributed by atoms with Crippen molar-refractivity contribution in [3.8, 4) is 0 Å². The predicted molar refractivity (Wildman–Crippen MR) is 140 cm³/mol. The monoisotopic (exact) mass is 501 g/mol. The van der Waals surface area contributed by atoms with Gasteiger partial charge in [0.25, 0.3) is 5.91 Å². The Balaban J connectivity index is 1.09. The van der Waals surface area contributed by atoms with Gasteiger partial charge in [-0.2, -0.15) is 0 Å². The third kappa shape index (κ3) is 4.75. The van der Waals surface area contributed by atoms with Crippen molar-refractivity contribution in [1.82, 2.24) is 24.8 Å². The number of halogens is 1. The van der Waals surface area contributed by atoms with Crippen LogP contribution in [0.5, 0.6) is 0 Å². The van der Waals surface area contributed by atoms with Crippen LogP contribution >= 0.6 is 0 Å². The fourth-order valence-electron chi connectivity index (χ4n) is 5.85. The maximum absolute atomic E-state index is 15.9. The molecule has 3 aliphatic rings. The molecule has 6 heterocycles. The van der Waals surface area contributed by atoms with Crippen LogP contribution in [0.15, 0.2) is 67.3 Å². The first-order valence-electron chi connectivity index (χ1n) is 13.1. The van der Waals surface area contributed by atoms with Crippen LogP contribution in [0.4, 0.5) is 15.9 Å². The number of likely N-dealkylation sites (tertiary alicyclic amines) is 2. The summed E-state index contributed by atoms with van der Waals surface area (Å²) in [4.78, 5) is 33.0. The minimum Gasteiger partial charge on any atom is -0.357 e. The molecule has 1 amide bonds. The van der Waals surface area contributed by atoms with Gasteiger partial charge in [0.15, 0.2) is 11.5 Å². The number of alkyl halides is 1. The van der Waals surface area contributed by atoms with E-state index in [4.69, 9.17) is 0 Å². The molecule has 1 N–H and O–H groups in total. The molecule has 0 aromatic carbocycles. The van der Waals surface area contributed by atoms with E-state index in [-0.39, 0.29) is 31.0 Å². The summed E-state index contributed by atoms with van der Waals surface area (Å²) in [7, 11) is 0. The summed E-state index contributed by atoms with van der Waals surface area (Å²) >= 11 is 0. The second kappa shape index (κ2) is 10.0. The van der Waals surface area contributed by atoms with Gasteiger partial charge in [-0.1, -0.05) is 12.1 Å². The molecular weight excluding hydrogens is 469 g/mol. The van der Waals surface area contributed by atoms with Crippen molar-refractivity contribution >= 4 is 17.4 Å². The molecule has 8 nitrogen and oxygen atoms in total. The Morgan fingerprint density at radius 2 is 1.76 bits per heavy atom. The Morgan fingerprint density at radius 1 is 0.973 bits per heavy atom. The Bertz CT molecular complexity index is 1210. The molecular formula is C28H32FN7O. The molecule has 0 spiro atoms. The SMILES string of the molecule is O=C(N1CCC(N2c3ncccc3NC2c2ccccn2)CC1)C1(F)CCN(Cc2cccnc2)CC1. The fraction of sp³-hybridized carbons (Fsp3) is 0.429. The number of nitrogens with one attached hydrogen (secondary N) is 1. The molecule has 3 aliphatic heterocycles. The smallest absolute Gasteiger partial charge is 0.260 e. The zero-order valence-electron chi connectivity index (χ0n) is 20.8. The zero-order chi connectivity index (χ0) is 25.2. The number of nitrogens with zero attached hydrogens (tertiary/aromatic N) is 6. The molecule has 0 bridgehead atoms. The maximum atomic E-state index is 15.9. The lowest BCUT2D eigenvalue weighted by atomic mass is 9.90. The van der Waals surface area contributed by atoms with Crippen LogP contribution in [-0.2, 0) is 11.3 Å². The largest absolute Gasteiger partial charge is 0.357 e. The molecule has 2 saturated heterocycles. The van der Waals surface area contributed by atoms with E-state index in [2.05, 4.69) is 30.1 Å². The van der Waals surface area contributed by atoms with E-state index >= 15 is 4.39 Å². The first-order chi connectivity index (χ1) is 18.1. The molecule has 37 heavy (non-hydrogen) atoms. The summed E-state index contributed by atoms with van der Waals surface area (Å²) in [6, 6.07) is 14.0. The summed E-state index contributed by atoms with van der Waals surface area (Å²) in [5.41, 5.74) is 1.24. The number of fused-ring (bicyclic) bond motifs is 1. The van der Waals surface area contributed by atoms with Crippen LogP contribution in [0.3, 0.4) is 0 Å². The normalized spacial score (nSPS) is 21.9. The quantitative estimate of drug-likeness (QED) is 0.570. The van der Waals surface area contributed by atoms with Gasteiger partial charge in [-0.25, -0.2) is 9.37 Å². The van der Waals surface area contributed by atoms with E-state index in [0.717, 1.165) is 42.1 Å². The van der Waals surface area contributed by atoms with Crippen LogP contribution in [0, 0.1) is 0 Å². The van der Waals surface area contributed by atoms with Crippen molar-refractivity contribution in [2.45, 2.75) is 50.1 Å². The van der Waals surface area contributed by atoms with Crippen molar-refractivity contribution in [3.63, 3.8) is 0 Å². The lowest BCUT2D eigenvalue weighted by Gasteiger charge is -2.43. The average Bonchev–Trinajstić information content (AvgIpc) is 3.35. The number of hydrogen-bond acceptors (Lipinski definition) is 7. The summed E-state index contributed by atoms with van der Waals surface area (Å²) in [6.07, 6.45) is 9.08. The number of carbonyl (C=O) groups is 1. The lowest BCUT2D eigenvalue weighted by molar-refractivity contribution is -0.148. The van der Waals surface area contributed by atoms with Gasteiger partial charge in [0.2, 0.25) is 0 Å². The highest BCUT2D eigenvalue weighted by Crippen LogP contribution is 2.42. The van der Waals surface area contributed by atoms with Gasteiger partial charge in [0.05, 0.1) is 11.4 Å². The number of hydrogen-bond donors (Lipinski definition) is 1. The molecule has 0 radical (unpaired) electrons. The predicted octanol–water partition coefficient (Wildman–Crippen LogP) is 3.80. The first kappa shape index (κ1) is 23.8. The summed E-state index contributed by atoms with van der Waals surface area (Å²) < 4.78 is 15.9. The molecule has 1 atom stereocenters. The van der Waals surface area contributed by atoms with E-state index in [9.17, 15) is 4.79 Å². The van der Waals surface area contributed by atoms with Crippen molar-refractivity contribution < 1.29 is 9.18 Å². The Hall–Kier alpha value is -3.59. The van der Waals surface area contributed by atoms with Gasteiger partial charge in [-0.3, -0.25) is 19.7 Å². The van der Waals surface area contributed by atoms with Crippen molar-refractivity contribution in [2.75, 3.05) is 36.4 Å². The molecule has 0 aliphatic carbocycles. The fourth-order valence-corrected chi connectivity index (χ4v) is 5.85. The minimum atomic E-state index is -1.78. The Kier molecular flexibility index (Phi) is 6.46. The van der Waals surface area contributed by atoms with Gasteiger partial charge in [0, 0.05) is 76.4 Å². The van der Waals surface area contributed by atoms with E-state index < -0.39 is 5.67 Å². The molecule has 3 aromatic heterocycles. The number of pyridine rings is 3. The Labute approximate surface area is 216 Å². The maximum Gasteiger partial charge on any atom is 0.260 e. The van der Waals surface area contributed by atoms with Gasteiger partial charge >= 0.3 is 0 Å². The van der Waals surface area contributed by atoms with E-state index in [1.165, 1.54) is 0 Å². The van der Waals surface area contributed by atoms with Crippen molar-refractivity contribution in [1.29, 1.82) is 0 Å². The molecule has 9 heteroatoms. The molecule has 3 aromatic rings. The zero-order valence-corrected chi connectivity index (χ0v) is 20.8. The molecule has 6 rings (SSSR count). The van der Waals surface area contributed by atoms with Gasteiger partial charge in [0.1, 0.15) is 6.17 Å². The van der Waals surface area contributed by atoms with Crippen LogP contribution in [-0.4, -0.2) is 68.5 Å². The molecule has 1 unspecified atom stereocenters. The van der Waals surface area contributed by atoms with E-state index in [1.807, 2.05) is 48.7 Å². The van der Waals surface area contributed by atoms with Gasteiger partial charge < -0.3 is 15.1 Å². The van der Waals surface area contributed by atoms with Crippen LogP contribution in [0.1, 0.15) is 43.1 Å². The molecule has 192 valence electrons.